The van der Waals surface area contributed by atoms with Crippen LogP contribution >= 0.6 is 11.6 Å². The van der Waals surface area contributed by atoms with Crippen LogP contribution in [0.2, 0.25) is 5.02 Å². The molecule has 3 aromatic heterocycles. The fraction of sp³-hybridized carbons (Fsp3) is 0.381. The lowest BCUT2D eigenvalue weighted by atomic mass is 10.0. The van der Waals surface area contributed by atoms with Crippen LogP contribution in [0.3, 0.4) is 0 Å². The zero-order valence-electron chi connectivity index (χ0n) is 17.9. The van der Waals surface area contributed by atoms with Gasteiger partial charge in [-0.2, -0.15) is 14.6 Å². The molecule has 0 unspecified atom stereocenters. The summed E-state index contributed by atoms with van der Waals surface area (Å²) in [7, 11) is 3.71. The highest BCUT2D eigenvalue weighted by Gasteiger charge is 2.31. The number of halogens is 1. The van der Waals surface area contributed by atoms with Gasteiger partial charge in [-0.1, -0.05) is 28.9 Å². The summed E-state index contributed by atoms with van der Waals surface area (Å²) in [4.78, 5) is 23.8. The minimum absolute atomic E-state index is 0.0187. The third-order valence-electron chi connectivity index (χ3n) is 5.58. The predicted molar refractivity (Wildman–Crippen MR) is 117 cm³/mol. The average molecular weight is 456 g/mol. The van der Waals surface area contributed by atoms with E-state index in [1.807, 2.05) is 43.3 Å². The summed E-state index contributed by atoms with van der Waals surface area (Å²) in [5, 5.41) is 9.19. The van der Waals surface area contributed by atoms with Crippen LogP contribution in [-0.4, -0.2) is 50.0 Å². The third kappa shape index (κ3) is 3.65. The Labute approximate surface area is 188 Å². The van der Waals surface area contributed by atoms with Crippen LogP contribution in [0.4, 0.5) is 5.95 Å². The molecule has 32 heavy (non-hydrogen) atoms. The Balaban J connectivity index is 1.34. The number of hydrogen-bond donors (Lipinski definition) is 0. The van der Waals surface area contributed by atoms with Gasteiger partial charge in [0.2, 0.25) is 11.8 Å². The normalized spacial score (nSPS) is 18.5. The molecule has 4 aromatic rings. The van der Waals surface area contributed by atoms with Crippen molar-refractivity contribution in [2.45, 2.75) is 31.9 Å². The first-order chi connectivity index (χ1) is 15.4. The van der Waals surface area contributed by atoms with Crippen molar-refractivity contribution in [1.82, 2.24) is 29.3 Å². The third-order valence-corrected chi connectivity index (χ3v) is 5.83. The standard InChI is InChI=1S/C21H22ClN7O3/c1-12-18-20(30)28(11-23-29(18)21(24-12)27(2)3)9-17-25-19(26-32-17)14-8-16(31-10-14)13-4-6-15(22)7-5-13/h4-7,11,14,16H,8-10H2,1-3H3/t14-,16+/m0/s1. The van der Waals surface area contributed by atoms with Crippen LogP contribution in [0.5, 0.6) is 0 Å². The molecular weight excluding hydrogens is 434 g/mol. The molecule has 0 N–H and O–H groups in total. The van der Waals surface area contributed by atoms with Gasteiger partial charge in [-0.15, -0.1) is 0 Å². The number of ether oxygens (including phenoxy) is 1. The van der Waals surface area contributed by atoms with Gasteiger partial charge in [0, 0.05) is 25.0 Å². The van der Waals surface area contributed by atoms with Gasteiger partial charge in [-0.25, -0.2) is 4.98 Å². The second-order valence-corrected chi connectivity index (χ2v) is 8.50. The summed E-state index contributed by atoms with van der Waals surface area (Å²) in [6.45, 7) is 2.42. The number of nitrogens with zero attached hydrogens (tertiary/aromatic N) is 7. The van der Waals surface area contributed by atoms with Crippen LogP contribution in [0.25, 0.3) is 5.52 Å². The summed E-state index contributed by atoms with van der Waals surface area (Å²) in [5.41, 5.74) is 1.89. The maximum absolute atomic E-state index is 13.0. The molecule has 2 atom stereocenters. The van der Waals surface area contributed by atoms with Crippen molar-refractivity contribution in [3.8, 4) is 0 Å². The number of rotatable bonds is 5. The Bertz CT molecular complexity index is 1330. The van der Waals surface area contributed by atoms with Gasteiger partial charge >= 0.3 is 0 Å². The second kappa shape index (κ2) is 8.03. The summed E-state index contributed by atoms with van der Waals surface area (Å²) in [6, 6.07) is 7.64. The molecular formula is C21H22ClN7O3. The van der Waals surface area contributed by atoms with Crippen LogP contribution in [0.15, 0.2) is 39.9 Å². The molecule has 1 saturated heterocycles. The van der Waals surface area contributed by atoms with Crippen molar-refractivity contribution in [3.05, 3.63) is 68.9 Å². The average Bonchev–Trinajstić information content (AvgIpc) is 3.49. The highest BCUT2D eigenvalue weighted by Crippen LogP contribution is 2.37. The van der Waals surface area contributed by atoms with Gasteiger partial charge < -0.3 is 14.2 Å². The molecule has 0 aliphatic carbocycles. The van der Waals surface area contributed by atoms with Crippen molar-refractivity contribution < 1.29 is 9.26 Å². The molecule has 0 radical (unpaired) electrons. The Morgan fingerprint density at radius 2 is 2.00 bits per heavy atom. The monoisotopic (exact) mass is 455 g/mol. The minimum Gasteiger partial charge on any atom is -0.373 e. The van der Waals surface area contributed by atoms with Gasteiger partial charge in [-0.3, -0.25) is 9.36 Å². The van der Waals surface area contributed by atoms with Gasteiger partial charge in [0.05, 0.1) is 18.4 Å². The maximum atomic E-state index is 13.0. The molecule has 1 fully saturated rings. The van der Waals surface area contributed by atoms with Crippen LogP contribution in [-0.2, 0) is 11.3 Å². The van der Waals surface area contributed by atoms with Crippen molar-refractivity contribution in [2.75, 3.05) is 25.6 Å². The fourth-order valence-electron chi connectivity index (χ4n) is 3.92. The molecule has 0 saturated carbocycles. The van der Waals surface area contributed by atoms with E-state index in [2.05, 4.69) is 20.2 Å². The Hall–Kier alpha value is -3.24. The fourth-order valence-corrected chi connectivity index (χ4v) is 4.05. The maximum Gasteiger partial charge on any atom is 0.280 e. The number of imidazole rings is 1. The largest absolute Gasteiger partial charge is 0.373 e. The molecule has 166 valence electrons. The molecule has 0 spiro atoms. The van der Waals surface area contributed by atoms with Crippen molar-refractivity contribution in [3.63, 3.8) is 0 Å². The SMILES string of the molecule is Cc1nc(N(C)C)n2ncn(Cc3nc([C@@H]4CO[C@@H](c5ccc(Cl)cc5)C4)no3)c(=O)c12. The van der Waals surface area contributed by atoms with Crippen molar-refractivity contribution in [1.29, 1.82) is 0 Å². The highest BCUT2D eigenvalue weighted by molar-refractivity contribution is 6.30. The number of aryl methyl sites for hydroxylation is 1. The Morgan fingerprint density at radius 1 is 1.22 bits per heavy atom. The first-order valence-corrected chi connectivity index (χ1v) is 10.6. The van der Waals surface area contributed by atoms with Crippen LogP contribution < -0.4 is 10.5 Å². The number of benzene rings is 1. The van der Waals surface area contributed by atoms with Crippen LogP contribution in [0, 0.1) is 6.92 Å². The number of anilines is 1. The minimum atomic E-state index is -0.218. The van der Waals surface area contributed by atoms with Crippen molar-refractivity contribution in [2.24, 2.45) is 0 Å². The van der Waals surface area contributed by atoms with E-state index in [-0.39, 0.29) is 24.1 Å². The summed E-state index contributed by atoms with van der Waals surface area (Å²) in [5.74, 6) is 1.53. The Morgan fingerprint density at radius 3 is 2.75 bits per heavy atom. The van der Waals surface area contributed by atoms with E-state index in [1.54, 1.807) is 11.4 Å². The van der Waals surface area contributed by atoms with E-state index < -0.39 is 0 Å². The van der Waals surface area contributed by atoms with Gasteiger partial charge in [0.15, 0.2) is 11.3 Å². The smallest absolute Gasteiger partial charge is 0.280 e. The number of fused-ring (bicyclic) bond motifs is 1. The molecule has 1 aliphatic rings. The lowest BCUT2D eigenvalue weighted by molar-refractivity contribution is 0.110. The molecule has 4 heterocycles. The summed E-state index contributed by atoms with van der Waals surface area (Å²) < 4.78 is 14.3. The lowest BCUT2D eigenvalue weighted by Crippen LogP contribution is -2.25. The van der Waals surface area contributed by atoms with Gasteiger partial charge in [0.25, 0.3) is 5.56 Å². The molecule has 1 aromatic carbocycles. The van der Waals surface area contributed by atoms with Gasteiger partial charge in [0.1, 0.15) is 12.9 Å². The van der Waals surface area contributed by atoms with Gasteiger partial charge in [-0.05, 0) is 31.0 Å². The quantitative estimate of drug-likeness (QED) is 0.452. The van der Waals surface area contributed by atoms with E-state index >= 15 is 0 Å². The van der Waals surface area contributed by atoms with E-state index in [0.29, 0.717) is 40.5 Å². The molecule has 0 bridgehead atoms. The topological polar surface area (TPSA) is 104 Å². The second-order valence-electron chi connectivity index (χ2n) is 8.07. The highest BCUT2D eigenvalue weighted by atomic mass is 35.5. The molecule has 5 rings (SSSR count). The van der Waals surface area contributed by atoms with E-state index in [1.165, 1.54) is 10.9 Å². The first-order valence-electron chi connectivity index (χ1n) is 10.2. The van der Waals surface area contributed by atoms with Crippen LogP contribution in [0.1, 0.15) is 41.4 Å². The zero-order valence-corrected chi connectivity index (χ0v) is 18.7. The first kappa shape index (κ1) is 20.7. The molecule has 10 nitrogen and oxygen atoms in total. The molecule has 1 aliphatic heterocycles. The number of aromatic nitrogens is 6. The summed E-state index contributed by atoms with van der Waals surface area (Å²) in [6.07, 6.45) is 2.17. The molecule has 0 amide bonds. The van der Waals surface area contributed by atoms with E-state index in [4.69, 9.17) is 20.9 Å². The predicted octanol–water partition coefficient (Wildman–Crippen LogP) is 2.60. The summed E-state index contributed by atoms with van der Waals surface area (Å²) >= 11 is 5.97. The van der Waals surface area contributed by atoms with Crippen molar-refractivity contribution >= 4 is 23.1 Å². The zero-order chi connectivity index (χ0) is 22.4. The Kier molecular flexibility index (Phi) is 5.18. The van der Waals surface area contributed by atoms with E-state index in [0.717, 1.165) is 12.0 Å². The number of hydrogen-bond acceptors (Lipinski definition) is 8. The molecule has 11 heteroatoms. The van der Waals surface area contributed by atoms with E-state index in [9.17, 15) is 4.79 Å². The lowest BCUT2D eigenvalue weighted by Gasteiger charge is -2.09.